The molecule has 1 aromatic carbocycles. The van der Waals surface area contributed by atoms with E-state index in [4.69, 9.17) is 4.74 Å². The number of benzene rings is 1. The second-order valence-electron chi connectivity index (χ2n) is 10.6. The average Bonchev–Trinajstić information content (AvgIpc) is 3.38. The number of ether oxygens (including phenoxy) is 1. The Kier molecular flexibility index (Phi) is 7.41. The molecule has 2 amide bonds. The Labute approximate surface area is 218 Å². The van der Waals surface area contributed by atoms with Gasteiger partial charge in [-0.05, 0) is 63.8 Å². The highest BCUT2D eigenvalue weighted by atomic mass is 16.5. The van der Waals surface area contributed by atoms with Crippen LogP contribution in [0.4, 0.5) is 11.4 Å². The fourth-order valence-corrected chi connectivity index (χ4v) is 6.91. The lowest BCUT2D eigenvalue weighted by Crippen LogP contribution is -2.57. The minimum Gasteiger partial charge on any atom is -0.481 e. The minimum atomic E-state index is -1.23. The topological polar surface area (TPSA) is 111 Å². The SMILES string of the molecule is C=CCN(C(=O)C1N(CCCO)C(=O)[C@@H]2[C@H](C(=O)O)[C@@]3(C)OC12CC3C)c1ccc(N(CC)CC)cc1. The number of carboxylic acid groups (broad SMARTS) is 1. The van der Waals surface area contributed by atoms with Crippen molar-refractivity contribution in [2.24, 2.45) is 17.8 Å². The fourth-order valence-electron chi connectivity index (χ4n) is 6.91. The first-order valence-electron chi connectivity index (χ1n) is 13.2. The van der Waals surface area contributed by atoms with E-state index in [1.807, 2.05) is 31.2 Å². The Balaban J connectivity index is 1.77. The third-order valence-electron chi connectivity index (χ3n) is 8.74. The summed E-state index contributed by atoms with van der Waals surface area (Å²) in [6.07, 6.45) is 2.33. The quantitative estimate of drug-likeness (QED) is 0.438. The summed E-state index contributed by atoms with van der Waals surface area (Å²) >= 11 is 0. The molecule has 0 aromatic heterocycles. The molecule has 2 N–H and O–H groups in total. The maximum absolute atomic E-state index is 14.4. The number of carbonyl (C=O) groups is 3. The first kappa shape index (κ1) is 27.1. The van der Waals surface area contributed by atoms with Crippen LogP contribution in [0, 0.1) is 17.8 Å². The van der Waals surface area contributed by atoms with Gasteiger partial charge in [-0.1, -0.05) is 13.0 Å². The molecule has 37 heavy (non-hydrogen) atoms. The summed E-state index contributed by atoms with van der Waals surface area (Å²) in [5.74, 6) is -3.93. The molecule has 1 spiro atoms. The number of aliphatic carboxylic acids is 1. The monoisotopic (exact) mass is 513 g/mol. The molecule has 9 heteroatoms. The Hall–Kier alpha value is -2.91. The third kappa shape index (κ3) is 4.03. The zero-order valence-electron chi connectivity index (χ0n) is 22.2. The maximum Gasteiger partial charge on any atom is 0.310 e. The van der Waals surface area contributed by atoms with E-state index in [-0.39, 0.29) is 43.8 Å². The molecular formula is C28H39N3O6. The smallest absolute Gasteiger partial charge is 0.310 e. The molecule has 9 nitrogen and oxygen atoms in total. The number of amides is 2. The number of aliphatic hydroxyl groups is 1. The number of hydrogen-bond donors (Lipinski definition) is 2. The third-order valence-corrected chi connectivity index (χ3v) is 8.74. The highest BCUT2D eigenvalue weighted by Gasteiger charge is 2.80. The molecule has 3 heterocycles. The molecule has 2 bridgehead atoms. The van der Waals surface area contributed by atoms with Gasteiger partial charge in [0.25, 0.3) is 5.91 Å². The average molecular weight is 514 g/mol. The van der Waals surface area contributed by atoms with Crippen LogP contribution < -0.4 is 9.80 Å². The molecule has 1 aromatic rings. The van der Waals surface area contributed by atoms with Crippen molar-refractivity contribution in [2.75, 3.05) is 42.6 Å². The predicted octanol–water partition coefficient (Wildman–Crippen LogP) is 2.53. The lowest BCUT2D eigenvalue weighted by molar-refractivity contribution is -0.156. The van der Waals surface area contributed by atoms with Crippen LogP contribution in [0.2, 0.25) is 0 Å². The van der Waals surface area contributed by atoms with Gasteiger partial charge in [0.2, 0.25) is 5.91 Å². The lowest BCUT2D eigenvalue weighted by atomic mass is 9.62. The van der Waals surface area contributed by atoms with Gasteiger partial charge >= 0.3 is 5.97 Å². The van der Waals surface area contributed by atoms with E-state index in [0.29, 0.717) is 12.1 Å². The highest BCUT2D eigenvalue weighted by molar-refractivity contribution is 6.04. The molecule has 3 aliphatic heterocycles. The van der Waals surface area contributed by atoms with Gasteiger partial charge in [-0.25, -0.2) is 0 Å². The van der Waals surface area contributed by atoms with Gasteiger partial charge in [0.15, 0.2) is 0 Å². The van der Waals surface area contributed by atoms with Crippen LogP contribution in [0.1, 0.15) is 40.5 Å². The normalized spacial score (nSPS) is 31.9. The lowest BCUT2D eigenvalue weighted by Gasteiger charge is -2.37. The van der Waals surface area contributed by atoms with Gasteiger partial charge in [-0.2, -0.15) is 0 Å². The highest BCUT2D eigenvalue weighted by Crippen LogP contribution is 2.65. The molecule has 6 atom stereocenters. The van der Waals surface area contributed by atoms with Crippen LogP contribution in [0.5, 0.6) is 0 Å². The van der Waals surface area contributed by atoms with E-state index in [1.54, 1.807) is 17.9 Å². The number of rotatable bonds is 11. The summed E-state index contributed by atoms with van der Waals surface area (Å²) in [6.45, 7) is 13.6. The number of likely N-dealkylation sites (tertiary alicyclic amines) is 1. The van der Waals surface area contributed by atoms with Crippen LogP contribution >= 0.6 is 0 Å². The summed E-state index contributed by atoms with van der Waals surface area (Å²) in [4.78, 5) is 45.8. The van der Waals surface area contributed by atoms with Crippen molar-refractivity contribution in [3.63, 3.8) is 0 Å². The van der Waals surface area contributed by atoms with Crippen LogP contribution in [-0.2, 0) is 19.1 Å². The molecule has 202 valence electrons. The standard InChI is InChI=1S/C28H39N3O6/c1-6-14-30(20-12-10-19(11-13-20)29(7-2)8-3)25(34)23-28-17-18(4)27(5,37-28)22(26(35)36)21(28)24(33)31(23)15-9-16-32/h6,10-13,18,21-23,32H,1,7-9,14-17H2,2-5H3,(H,35,36)/t18?,21-,22+,23?,27-,28?/m0/s1. The largest absolute Gasteiger partial charge is 0.481 e. The van der Waals surface area contributed by atoms with E-state index in [2.05, 4.69) is 25.3 Å². The maximum atomic E-state index is 14.4. The summed E-state index contributed by atoms with van der Waals surface area (Å²) in [5, 5.41) is 19.6. The minimum absolute atomic E-state index is 0.146. The zero-order valence-corrected chi connectivity index (χ0v) is 22.2. The van der Waals surface area contributed by atoms with Crippen LogP contribution in [-0.4, -0.2) is 82.9 Å². The molecule has 3 saturated heterocycles. The first-order chi connectivity index (χ1) is 17.6. The molecule has 3 unspecified atom stereocenters. The Morgan fingerprint density at radius 3 is 2.38 bits per heavy atom. The van der Waals surface area contributed by atoms with E-state index in [0.717, 1.165) is 18.8 Å². The molecular weight excluding hydrogens is 474 g/mol. The zero-order chi connectivity index (χ0) is 27.1. The van der Waals surface area contributed by atoms with Gasteiger partial charge in [-0.15, -0.1) is 6.58 Å². The molecule has 0 radical (unpaired) electrons. The van der Waals surface area contributed by atoms with Crippen molar-refractivity contribution >= 4 is 29.2 Å². The van der Waals surface area contributed by atoms with E-state index < -0.39 is 35.0 Å². The summed E-state index contributed by atoms with van der Waals surface area (Å²) in [5.41, 5.74) is -0.566. The summed E-state index contributed by atoms with van der Waals surface area (Å²) < 4.78 is 6.53. The second kappa shape index (κ2) is 10.1. The van der Waals surface area contributed by atoms with E-state index >= 15 is 0 Å². The van der Waals surface area contributed by atoms with Gasteiger partial charge in [0, 0.05) is 44.2 Å². The van der Waals surface area contributed by atoms with Gasteiger partial charge in [0.05, 0.1) is 11.5 Å². The number of fused-ring (bicyclic) bond motifs is 1. The number of carbonyl (C=O) groups excluding carboxylic acids is 2. The number of anilines is 2. The molecule has 4 rings (SSSR count). The van der Waals surface area contributed by atoms with Crippen molar-refractivity contribution in [3.8, 4) is 0 Å². The van der Waals surface area contributed by atoms with Crippen molar-refractivity contribution in [1.82, 2.24) is 4.90 Å². The number of carboxylic acids is 1. The summed E-state index contributed by atoms with van der Waals surface area (Å²) in [6, 6.07) is 6.72. The van der Waals surface area contributed by atoms with Crippen molar-refractivity contribution in [2.45, 2.75) is 57.8 Å². The van der Waals surface area contributed by atoms with E-state index in [1.165, 1.54) is 4.90 Å². The Morgan fingerprint density at radius 1 is 1.22 bits per heavy atom. The van der Waals surface area contributed by atoms with Crippen molar-refractivity contribution in [3.05, 3.63) is 36.9 Å². The van der Waals surface area contributed by atoms with Crippen molar-refractivity contribution < 1.29 is 29.3 Å². The Morgan fingerprint density at radius 2 is 1.84 bits per heavy atom. The molecule has 3 fully saturated rings. The van der Waals surface area contributed by atoms with Crippen LogP contribution in [0.3, 0.4) is 0 Å². The van der Waals surface area contributed by atoms with Crippen LogP contribution in [0.15, 0.2) is 36.9 Å². The van der Waals surface area contributed by atoms with Gasteiger partial charge in [0.1, 0.15) is 17.6 Å². The van der Waals surface area contributed by atoms with Gasteiger partial charge in [-0.3, -0.25) is 14.4 Å². The van der Waals surface area contributed by atoms with Crippen LogP contribution in [0.25, 0.3) is 0 Å². The number of aliphatic hydroxyl groups excluding tert-OH is 1. The second-order valence-corrected chi connectivity index (χ2v) is 10.6. The Bertz CT molecular complexity index is 1060. The first-order valence-corrected chi connectivity index (χ1v) is 13.2. The fraction of sp³-hybridized carbons (Fsp3) is 0.607. The molecule has 3 aliphatic rings. The van der Waals surface area contributed by atoms with Crippen molar-refractivity contribution in [1.29, 1.82) is 0 Å². The van der Waals surface area contributed by atoms with Gasteiger partial charge < -0.3 is 29.6 Å². The number of nitrogens with zero attached hydrogens (tertiary/aromatic N) is 3. The number of hydrogen-bond acceptors (Lipinski definition) is 6. The van der Waals surface area contributed by atoms with E-state index in [9.17, 15) is 24.6 Å². The molecule has 0 aliphatic carbocycles. The molecule has 0 saturated carbocycles. The predicted molar refractivity (Wildman–Crippen MR) is 140 cm³/mol. The summed E-state index contributed by atoms with van der Waals surface area (Å²) in [7, 11) is 0.